The lowest BCUT2D eigenvalue weighted by molar-refractivity contribution is 0.252. The molecule has 126 valence electrons. The van der Waals surface area contributed by atoms with Gasteiger partial charge in [0.25, 0.3) is 0 Å². The number of rotatable bonds is 5. The SMILES string of the molecule is CSc1ccccc1NC(=O)NCCc1ccc2c(n1)NCCC2. The van der Waals surface area contributed by atoms with Gasteiger partial charge in [-0.15, -0.1) is 11.8 Å². The Morgan fingerprint density at radius 2 is 2.17 bits per heavy atom. The molecule has 2 heterocycles. The number of pyridine rings is 1. The number of para-hydroxylation sites is 1. The Bertz CT molecular complexity index is 720. The highest BCUT2D eigenvalue weighted by Gasteiger charge is 2.10. The van der Waals surface area contributed by atoms with Gasteiger partial charge in [0.05, 0.1) is 5.69 Å². The molecule has 1 aromatic heterocycles. The second-order valence-corrected chi connectivity index (χ2v) is 6.52. The number of nitrogens with one attached hydrogen (secondary N) is 3. The number of hydrogen-bond donors (Lipinski definition) is 3. The van der Waals surface area contributed by atoms with Gasteiger partial charge in [-0.3, -0.25) is 0 Å². The zero-order valence-electron chi connectivity index (χ0n) is 13.8. The van der Waals surface area contributed by atoms with Gasteiger partial charge in [-0.05, 0) is 42.9 Å². The first-order valence-corrected chi connectivity index (χ1v) is 9.39. The molecule has 1 aromatic carbocycles. The average molecular weight is 342 g/mol. The van der Waals surface area contributed by atoms with E-state index in [-0.39, 0.29) is 6.03 Å². The lowest BCUT2D eigenvalue weighted by Crippen LogP contribution is -2.30. The molecule has 0 fully saturated rings. The van der Waals surface area contributed by atoms with Crippen molar-refractivity contribution in [2.45, 2.75) is 24.2 Å². The zero-order valence-corrected chi connectivity index (χ0v) is 14.6. The maximum Gasteiger partial charge on any atom is 0.319 e. The van der Waals surface area contributed by atoms with Crippen molar-refractivity contribution in [1.82, 2.24) is 10.3 Å². The van der Waals surface area contributed by atoms with Gasteiger partial charge in [0.2, 0.25) is 0 Å². The summed E-state index contributed by atoms with van der Waals surface area (Å²) in [5.74, 6) is 0.997. The van der Waals surface area contributed by atoms with Gasteiger partial charge in [0.15, 0.2) is 0 Å². The first kappa shape index (κ1) is 16.6. The van der Waals surface area contributed by atoms with Crippen molar-refractivity contribution in [3.63, 3.8) is 0 Å². The average Bonchev–Trinajstić information content (AvgIpc) is 2.62. The van der Waals surface area contributed by atoms with Crippen molar-refractivity contribution in [3.05, 3.63) is 47.7 Å². The summed E-state index contributed by atoms with van der Waals surface area (Å²) < 4.78 is 0. The topological polar surface area (TPSA) is 66.0 Å². The summed E-state index contributed by atoms with van der Waals surface area (Å²) in [6, 6.07) is 11.8. The van der Waals surface area contributed by atoms with Crippen LogP contribution >= 0.6 is 11.8 Å². The minimum Gasteiger partial charge on any atom is -0.370 e. The molecule has 1 aliphatic rings. The lowest BCUT2D eigenvalue weighted by Gasteiger charge is -2.17. The van der Waals surface area contributed by atoms with Gasteiger partial charge < -0.3 is 16.0 Å². The third kappa shape index (κ3) is 4.20. The number of anilines is 2. The van der Waals surface area contributed by atoms with E-state index in [4.69, 9.17) is 0 Å². The Hall–Kier alpha value is -2.21. The fraction of sp³-hybridized carbons (Fsp3) is 0.333. The first-order valence-electron chi connectivity index (χ1n) is 8.17. The van der Waals surface area contributed by atoms with E-state index < -0.39 is 0 Å². The van der Waals surface area contributed by atoms with Gasteiger partial charge in [0.1, 0.15) is 5.82 Å². The molecular weight excluding hydrogens is 320 g/mol. The normalized spacial score (nSPS) is 12.9. The largest absolute Gasteiger partial charge is 0.370 e. The summed E-state index contributed by atoms with van der Waals surface area (Å²) in [6.07, 6.45) is 4.96. The molecule has 1 aliphatic heterocycles. The molecule has 2 aromatic rings. The molecule has 0 aliphatic carbocycles. The second-order valence-electron chi connectivity index (χ2n) is 5.67. The Morgan fingerprint density at radius 1 is 1.29 bits per heavy atom. The number of nitrogens with zero attached hydrogens (tertiary/aromatic N) is 1. The van der Waals surface area contributed by atoms with Gasteiger partial charge in [-0.1, -0.05) is 18.2 Å². The molecule has 3 N–H and O–H groups in total. The third-order valence-corrected chi connectivity index (χ3v) is 4.77. The quantitative estimate of drug-likeness (QED) is 0.727. The first-order chi connectivity index (χ1) is 11.8. The van der Waals surface area contributed by atoms with Crippen LogP contribution in [0.5, 0.6) is 0 Å². The van der Waals surface area contributed by atoms with Gasteiger partial charge >= 0.3 is 6.03 Å². The summed E-state index contributed by atoms with van der Waals surface area (Å²) in [6.45, 7) is 1.54. The van der Waals surface area contributed by atoms with E-state index in [1.165, 1.54) is 5.56 Å². The molecule has 24 heavy (non-hydrogen) atoms. The molecule has 0 atom stereocenters. The van der Waals surface area contributed by atoms with E-state index in [0.29, 0.717) is 13.0 Å². The molecular formula is C18H22N4OS. The van der Waals surface area contributed by atoms with Crippen molar-refractivity contribution in [2.24, 2.45) is 0 Å². The van der Waals surface area contributed by atoms with Crippen LogP contribution in [0, 0.1) is 0 Å². The number of aromatic nitrogens is 1. The lowest BCUT2D eigenvalue weighted by atomic mass is 10.1. The minimum atomic E-state index is -0.187. The van der Waals surface area contributed by atoms with Crippen LogP contribution in [0.1, 0.15) is 17.7 Å². The van der Waals surface area contributed by atoms with E-state index in [0.717, 1.165) is 41.5 Å². The van der Waals surface area contributed by atoms with Crippen molar-refractivity contribution < 1.29 is 4.79 Å². The third-order valence-electron chi connectivity index (χ3n) is 3.97. The highest BCUT2D eigenvalue weighted by molar-refractivity contribution is 7.98. The molecule has 0 spiro atoms. The number of aryl methyl sites for hydroxylation is 1. The molecule has 5 nitrogen and oxygen atoms in total. The predicted octanol–water partition coefficient (Wildman–Crippen LogP) is 3.53. The fourth-order valence-corrected chi connectivity index (χ4v) is 3.28. The number of fused-ring (bicyclic) bond motifs is 1. The van der Waals surface area contributed by atoms with Crippen LogP contribution in [0.3, 0.4) is 0 Å². The second kappa shape index (κ2) is 8.06. The van der Waals surface area contributed by atoms with Crippen molar-refractivity contribution in [3.8, 4) is 0 Å². The number of carbonyl (C=O) groups is 1. The molecule has 0 radical (unpaired) electrons. The minimum absolute atomic E-state index is 0.187. The smallest absolute Gasteiger partial charge is 0.319 e. The van der Waals surface area contributed by atoms with E-state index >= 15 is 0 Å². The molecule has 6 heteroatoms. The number of urea groups is 1. The van der Waals surface area contributed by atoms with E-state index in [2.05, 4.69) is 33.1 Å². The fourth-order valence-electron chi connectivity index (χ4n) is 2.73. The van der Waals surface area contributed by atoms with Crippen LogP contribution in [0.2, 0.25) is 0 Å². The van der Waals surface area contributed by atoms with Gasteiger partial charge in [0, 0.05) is 30.1 Å². The summed E-state index contributed by atoms with van der Waals surface area (Å²) >= 11 is 1.61. The molecule has 3 rings (SSSR count). The Kier molecular flexibility index (Phi) is 5.59. The summed E-state index contributed by atoms with van der Waals surface area (Å²) in [7, 11) is 0. The van der Waals surface area contributed by atoms with Crippen LogP contribution in [0.25, 0.3) is 0 Å². The van der Waals surface area contributed by atoms with Crippen LogP contribution in [0.4, 0.5) is 16.3 Å². The highest BCUT2D eigenvalue weighted by atomic mass is 32.2. The van der Waals surface area contributed by atoms with Crippen molar-refractivity contribution in [2.75, 3.05) is 30.0 Å². The maximum absolute atomic E-state index is 12.0. The number of thioether (sulfide) groups is 1. The Balaban J connectivity index is 1.50. The van der Waals surface area contributed by atoms with Crippen LogP contribution < -0.4 is 16.0 Å². The van der Waals surface area contributed by atoms with Crippen LogP contribution in [-0.4, -0.2) is 30.4 Å². The van der Waals surface area contributed by atoms with E-state index in [1.807, 2.05) is 30.5 Å². The Morgan fingerprint density at radius 3 is 3.04 bits per heavy atom. The number of benzene rings is 1. The van der Waals surface area contributed by atoms with Gasteiger partial charge in [-0.2, -0.15) is 0 Å². The van der Waals surface area contributed by atoms with Crippen LogP contribution in [-0.2, 0) is 12.8 Å². The zero-order chi connectivity index (χ0) is 16.8. The molecule has 0 saturated heterocycles. The summed E-state index contributed by atoms with van der Waals surface area (Å²) in [5.41, 5.74) is 3.11. The van der Waals surface area contributed by atoms with Crippen molar-refractivity contribution >= 4 is 29.3 Å². The number of amides is 2. The van der Waals surface area contributed by atoms with Crippen LogP contribution in [0.15, 0.2) is 41.3 Å². The standard InChI is InChI=1S/C18H22N4OS/c1-24-16-7-3-2-6-15(16)22-18(23)20-12-10-14-9-8-13-5-4-11-19-17(13)21-14/h2-3,6-9H,4-5,10-12H2,1H3,(H,19,21)(H2,20,22,23). The predicted molar refractivity (Wildman–Crippen MR) is 100.0 cm³/mol. The molecule has 0 unspecified atom stereocenters. The van der Waals surface area contributed by atoms with Crippen molar-refractivity contribution in [1.29, 1.82) is 0 Å². The summed E-state index contributed by atoms with van der Waals surface area (Å²) in [4.78, 5) is 17.7. The molecule has 2 amide bonds. The number of hydrogen-bond acceptors (Lipinski definition) is 4. The molecule has 0 bridgehead atoms. The van der Waals surface area contributed by atoms with E-state index in [9.17, 15) is 4.79 Å². The Labute approximate surface area is 146 Å². The number of carbonyl (C=O) groups excluding carboxylic acids is 1. The highest BCUT2D eigenvalue weighted by Crippen LogP contribution is 2.24. The van der Waals surface area contributed by atoms with Gasteiger partial charge in [-0.25, -0.2) is 9.78 Å². The maximum atomic E-state index is 12.0. The van der Waals surface area contributed by atoms with E-state index in [1.54, 1.807) is 11.8 Å². The summed E-state index contributed by atoms with van der Waals surface area (Å²) in [5, 5.41) is 9.12. The molecule has 0 saturated carbocycles. The monoisotopic (exact) mass is 342 g/mol.